The Hall–Kier alpha value is 1.81. The second-order valence-electron chi connectivity index (χ2n) is 3.47. The van der Waals surface area contributed by atoms with Crippen LogP contribution in [0, 0.1) is 0 Å². The van der Waals surface area contributed by atoms with E-state index in [1.165, 1.54) is 51.4 Å². The van der Waals surface area contributed by atoms with Crippen LogP contribution >= 0.6 is 0 Å². The number of unbranched alkanes of at least 4 members (excludes halogenated alkanes) is 7. The summed E-state index contributed by atoms with van der Waals surface area (Å²) in [7, 11) is 0. The third-order valence-electron chi connectivity index (χ3n) is 2.21. The van der Waals surface area contributed by atoms with E-state index in [1.54, 1.807) is -0.511 Å². The van der Waals surface area contributed by atoms with Gasteiger partial charge < -0.3 is 0 Å². The Kier molecular flexibility index (Phi) is 13.7. The monoisotopic (exact) mass is 226 g/mol. The molecular formula is C10H21Rb. The predicted octanol–water partition coefficient (Wildman–Crippen LogP) is 3.71. The first-order chi connectivity index (χ1) is 5.41. The van der Waals surface area contributed by atoms with Crippen molar-refractivity contribution in [3.63, 3.8) is 0 Å². The Morgan fingerprint density at radius 3 is 1.64 bits per heavy atom. The van der Waals surface area contributed by atoms with E-state index in [0.717, 1.165) is 55.5 Å². The van der Waals surface area contributed by atoms with Crippen LogP contribution in [0.4, 0.5) is 0 Å². The van der Waals surface area contributed by atoms with Crippen LogP contribution in [-0.4, -0.2) is 55.5 Å². The molecule has 62 valence electrons. The van der Waals surface area contributed by atoms with Crippen molar-refractivity contribution < 1.29 is 0 Å². The Balaban J connectivity index is 2.69. The minimum absolute atomic E-state index is 0.966. The summed E-state index contributed by atoms with van der Waals surface area (Å²) in [6, 6.07) is 0. The molecule has 0 aliphatic rings. The molecule has 11 heavy (non-hydrogen) atoms. The molecule has 0 heterocycles. The fourth-order valence-electron chi connectivity index (χ4n) is 1.38. The standard InChI is InChI=1S/C10H21.Rb/c1-3-5-7-9-10-8-6-4-2;/h1,3-10H2,2H3;. The molecule has 0 nitrogen and oxygen atoms in total. The van der Waals surface area contributed by atoms with Crippen molar-refractivity contribution in [3.05, 3.63) is 0 Å². The van der Waals surface area contributed by atoms with Gasteiger partial charge in [0.25, 0.3) is 0 Å². The summed E-state index contributed by atoms with van der Waals surface area (Å²) in [5.74, 6) is 0. The summed E-state index contributed by atoms with van der Waals surface area (Å²) in [4.78, 5) is 0. The maximum absolute atomic E-state index is 2.28. The van der Waals surface area contributed by atoms with E-state index in [-0.39, 0.29) is 0 Å². The first-order valence-electron chi connectivity index (χ1n) is 5.41. The second kappa shape index (κ2) is 11.8. The van der Waals surface area contributed by atoms with E-state index in [2.05, 4.69) is 6.92 Å². The molecular weight excluding hydrogens is 206 g/mol. The van der Waals surface area contributed by atoms with Crippen LogP contribution in [-0.2, 0) is 0 Å². The topological polar surface area (TPSA) is 0 Å². The van der Waals surface area contributed by atoms with E-state index in [1.807, 2.05) is 0 Å². The molecule has 0 radical (unpaired) electrons. The third-order valence-corrected chi connectivity index (χ3v) is 3.95. The fourth-order valence-corrected chi connectivity index (χ4v) is 2.61. The van der Waals surface area contributed by atoms with E-state index >= 15 is 0 Å². The van der Waals surface area contributed by atoms with Gasteiger partial charge in [0, 0.05) is 0 Å². The predicted molar refractivity (Wildman–Crippen MR) is 53.2 cm³/mol. The number of hydrogen-bond acceptors (Lipinski definition) is 0. The zero-order chi connectivity index (χ0) is 8.36. The van der Waals surface area contributed by atoms with Gasteiger partial charge in [0.2, 0.25) is 0 Å². The van der Waals surface area contributed by atoms with Gasteiger partial charge in [-0.05, 0) is 0 Å². The molecule has 0 aromatic heterocycles. The van der Waals surface area contributed by atoms with E-state index in [0.29, 0.717) is 0 Å². The van der Waals surface area contributed by atoms with Crippen LogP contribution in [0.1, 0.15) is 58.3 Å². The van der Waals surface area contributed by atoms with Gasteiger partial charge in [-0.2, -0.15) is 0 Å². The van der Waals surface area contributed by atoms with Gasteiger partial charge in [0.1, 0.15) is 0 Å². The molecule has 0 saturated heterocycles. The van der Waals surface area contributed by atoms with Crippen molar-refractivity contribution in [1.82, 2.24) is 0 Å². The molecule has 0 amide bonds. The van der Waals surface area contributed by atoms with Crippen LogP contribution in [0.3, 0.4) is 0 Å². The zero-order valence-electron chi connectivity index (χ0n) is 8.36. The molecule has 0 bridgehead atoms. The molecule has 0 aliphatic carbocycles. The maximum atomic E-state index is 2.28. The first kappa shape index (κ1) is 12.8. The molecule has 0 aliphatic heterocycles. The molecule has 0 N–H and O–H groups in total. The normalized spacial score (nSPS) is 10.5. The Morgan fingerprint density at radius 2 is 1.18 bits per heavy atom. The van der Waals surface area contributed by atoms with Crippen LogP contribution in [0.15, 0.2) is 0 Å². The summed E-state index contributed by atoms with van der Waals surface area (Å²) in [6.07, 6.45) is 11.8. The minimum atomic E-state index is 0.966. The van der Waals surface area contributed by atoms with Crippen molar-refractivity contribution >= 4 is 55.5 Å². The average molecular weight is 227 g/mol. The van der Waals surface area contributed by atoms with Crippen LogP contribution in [0.2, 0.25) is -0.511 Å². The van der Waals surface area contributed by atoms with E-state index in [9.17, 15) is 0 Å². The van der Waals surface area contributed by atoms with Gasteiger partial charge in [0.05, 0.1) is 0 Å². The van der Waals surface area contributed by atoms with E-state index < -0.39 is 0 Å². The zero-order valence-corrected chi connectivity index (χ0v) is 13.3. The van der Waals surface area contributed by atoms with Crippen LogP contribution in [0.5, 0.6) is 0 Å². The summed E-state index contributed by atoms with van der Waals surface area (Å²) >= 11 is 0.966. The van der Waals surface area contributed by atoms with Gasteiger partial charge >= 0.3 is 113 Å². The molecule has 0 fully saturated rings. The Morgan fingerprint density at radius 1 is 0.727 bits per heavy atom. The van der Waals surface area contributed by atoms with Crippen molar-refractivity contribution in [3.8, 4) is 0 Å². The third kappa shape index (κ3) is 11.8. The van der Waals surface area contributed by atoms with Gasteiger partial charge in [-0.15, -0.1) is 0 Å². The Labute approximate surface area is 111 Å². The molecule has 0 aromatic rings. The Bertz CT molecular complexity index is 53.9. The fraction of sp³-hybridized carbons (Fsp3) is 1.00. The molecule has 0 saturated carbocycles. The number of rotatable bonds is 8. The summed E-state index contributed by atoms with van der Waals surface area (Å²) < 4.78 is 1.58. The SMILES string of the molecule is CCCCCCCCC[CH2][Rb]. The van der Waals surface area contributed by atoms with Crippen LogP contribution in [0.25, 0.3) is 0 Å². The first-order valence-corrected chi connectivity index (χ1v) is 8.89. The van der Waals surface area contributed by atoms with Gasteiger partial charge in [-0.1, -0.05) is 0 Å². The van der Waals surface area contributed by atoms with Crippen molar-refractivity contribution in [2.45, 2.75) is 57.8 Å². The quantitative estimate of drug-likeness (QED) is 0.554. The second-order valence-corrected chi connectivity index (χ2v) is 5.93. The van der Waals surface area contributed by atoms with Gasteiger partial charge in [0.15, 0.2) is 0 Å². The molecule has 0 aromatic carbocycles. The molecule has 0 atom stereocenters. The van der Waals surface area contributed by atoms with Gasteiger partial charge in [-0.25, -0.2) is 0 Å². The van der Waals surface area contributed by atoms with Crippen molar-refractivity contribution in [1.29, 1.82) is 0 Å². The summed E-state index contributed by atoms with van der Waals surface area (Å²) in [5, 5.41) is 0. The molecule has 0 rings (SSSR count). The summed E-state index contributed by atoms with van der Waals surface area (Å²) in [5.41, 5.74) is 0. The summed E-state index contributed by atoms with van der Waals surface area (Å²) in [6.45, 7) is 2.28. The van der Waals surface area contributed by atoms with Crippen molar-refractivity contribution in [2.24, 2.45) is 0 Å². The van der Waals surface area contributed by atoms with Crippen LogP contribution < -0.4 is 0 Å². The average Bonchev–Trinajstić information content (AvgIpc) is 2.03. The van der Waals surface area contributed by atoms with E-state index in [4.69, 9.17) is 0 Å². The number of hydrogen-bond donors (Lipinski definition) is 0. The molecule has 1 heteroatoms. The van der Waals surface area contributed by atoms with Crippen molar-refractivity contribution in [2.75, 3.05) is 0 Å². The molecule has 0 unspecified atom stereocenters. The molecule has 0 spiro atoms. The van der Waals surface area contributed by atoms with Gasteiger partial charge in [-0.3, -0.25) is 0 Å².